The Bertz CT molecular complexity index is 262. The van der Waals surface area contributed by atoms with E-state index in [2.05, 4.69) is 67.5 Å². The summed E-state index contributed by atoms with van der Waals surface area (Å²) in [6, 6.07) is 0. The molecule has 1 aromatic heterocycles. The van der Waals surface area contributed by atoms with Crippen LogP contribution in [0.2, 0.25) is 0 Å². The molecule has 1 heterocycles. The van der Waals surface area contributed by atoms with E-state index in [0.29, 0.717) is 0 Å². The zero-order valence-electron chi connectivity index (χ0n) is 8.80. The minimum Gasteiger partial charge on any atom is -0.247 e. The zero-order chi connectivity index (χ0) is 10.3. The lowest BCUT2D eigenvalue weighted by atomic mass is 10.1. The van der Waals surface area contributed by atoms with Crippen molar-refractivity contribution < 1.29 is 0 Å². The van der Waals surface area contributed by atoms with Gasteiger partial charge in [0.05, 0.1) is 20.9 Å². The van der Waals surface area contributed by atoms with Gasteiger partial charge in [0.25, 0.3) is 0 Å². The average molecular weight is 293 g/mol. The molecule has 0 saturated heterocycles. The molecule has 0 bridgehead atoms. The van der Waals surface area contributed by atoms with Gasteiger partial charge in [-0.1, -0.05) is 27.8 Å². The number of nitrogens with zero attached hydrogens (tertiary/aromatic N) is 3. The molecule has 4 heteroatoms. The number of hydrogen-bond acceptors (Lipinski definition) is 2. The first-order chi connectivity index (χ1) is 5.71. The van der Waals surface area contributed by atoms with E-state index in [1.807, 2.05) is 10.9 Å². The molecule has 0 aliphatic heterocycles. The highest BCUT2D eigenvalue weighted by molar-refractivity contribution is 14.1. The summed E-state index contributed by atoms with van der Waals surface area (Å²) < 4.78 is 1.96. The molecule has 1 aromatic rings. The Morgan fingerprint density at radius 3 is 2.00 bits per heavy atom. The number of hydrogen-bond donors (Lipinski definition) is 0. The SMILES string of the molecule is CC(C)(I)c1cn(C(C)(C)C)nn1. The van der Waals surface area contributed by atoms with E-state index < -0.39 is 0 Å². The van der Waals surface area contributed by atoms with E-state index in [1.165, 1.54) is 0 Å². The maximum atomic E-state index is 4.16. The van der Waals surface area contributed by atoms with E-state index in [1.54, 1.807) is 0 Å². The molecule has 0 spiro atoms. The first-order valence-electron chi connectivity index (χ1n) is 4.33. The standard InChI is InChI=1S/C9H16IN3/c1-8(2,3)13-6-7(11-12-13)9(4,5)10/h6H,1-5H3. The summed E-state index contributed by atoms with van der Waals surface area (Å²) in [4.78, 5) is 0. The quantitative estimate of drug-likeness (QED) is 0.589. The third kappa shape index (κ3) is 2.65. The highest BCUT2D eigenvalue weighted by atomic mass is 127. The Hall–Kier alpha value is -0.130. The minimum atomic E-state index is 0.0210. The third-order valence-electron chi connectivity index (χ3n) is 1.79. The predicted molar refractivity (Wildman–Crippen MR) is 62.1 cm³/mol. The van der Waals surface area contributed by atoms with Gasteiger partial charge >= 0.3 is 0 Å². The molecule has 0 N–H and O–H groups in total. The summed E-state index contributed by atoms with van der Waals surface area (Å²) in [6.45, 7) is 10.6. The van der Waals surface area contributed by atoms with Gasteiger partial charge in [-0.15, -0.1) is 5.10 Å². The van der Waals surface area contributed by atoms with Crippen molar-refractivity contribution in [2.75, 3.05) is 0 Å². The Labute approximate surface area is 93.0 Å². The summed E-state index contributed by atoms with van der Waals surface area (Å²) in [5, 5.41) is 8.28. The maximum absolute atomic E-state index is 4.16. The lowest BCUT2D eigenvalue weighted by molar-refractivity contribution is 0.347. The van der Waals surface area contributed by atoms with Crippen molar-refractivity contribution in [3.8, 4) is 0 Å². The van der Waals surface area contributed by atoms with Crippen LogP contribution < -0.4 is 0 Å². The smallest absolute Gasteiger partial charge is 0.0980 e. The fourth-order valence-electron chi connectivity index (χ4n) is 0.864. The van der Waals surface area contributed by atoms with Crippen LogP contribution >= 0.6 is 22.6 Å². The lowest BCUT2D eigenvalue weighted by Gasteiger charge is -2.18. The molecule has 0 radical (unpaired) electrons. The average Bonchev–Trinajstić information content (AvgIpc) is 2.28. The molecule has 0 fully saturated rings. The van der Waals surface area contributed by atoms with Crippen molar-refractivity contribution >= 4 is 22.6 Å². The third-order valence-corrected chi connectivity index (χ3v) is 2.34. The van der Waals surface area contributed by atoms with Crippen LogP contribution in [0, 0.1) is 0 Å². The van der Waals surface area contributed by atoms with E-state index in [0.717, 1.165) is 5.69 Å². The second-order valence-electron chi connectivity index (χ2n) is 4.69. The van der Waals surface area contributed by atoms with Gasteiger partial charge in [0, 0.05) is 0 Å². The monoisotopic (exact) mass is 293 g/mol. The van der Waals surface area contributed by atoms with Gasteiger partial charge in [-0.25, -0.2) is 4.68 Å². The molecule has 3 nitrogen and oxygen atoms in total. The lowest BCUT2D eigenvalue weighted by Crippen LogP contribution is -2.22. The fraction of sp³-hybridized carbons (Fsp3) is 0.778. The Kier molecular flexibility index (Phi) is 2.71. The van der Waals surface area contributed by atoms with Gasteiger partial charge in [-0.3, -0.25) is 0 Å². The molecule has 0 amide bonds. The summed E-state index contributed by atoms with van der Waals surface area (Å²) in [5.41, 5.74) is 1.05. The second-order valence-corrected chi connectivity index (χ2v) is 7.39. The molecular weight excluding hydrogens is 277 g/mol. The molecule has 0 saturated carbocycles. The van der Waals surface area contributed by atoms with E-state index >= 15 is 0 Å². The second kappa shape index (κ2) is 3.22. The van der Waals surface area contributed by atoms with Crippen LogP contribution in [-0.2, 0) is 8.96 Å². The van der Waals surface area contributed by atoms with Gasteiger partial charge in [0.2, 0.25) is 0 Å². The van der Waals surface area contributed by atoms with Crippen LogP contribution in [0.4, 0.5) is 0 Å². The number of rotatable bonds is 1. The normalized spacial score (nSPS) is 13.4. The molecular formula is C9H16IN3. The highest BCUT2D eigenvalue weighted by Gasteiger charge is 2.22. The van der Waals surface area contributed by atoms with Crippen LogP contribution in [0.1, 0.15) is 40.3 Å². The number of aromatic nitrogens is 3. The highest BCUT2D eigenvalue weighted by Crippen LogP contribution is 2.29. The molecule has 1 rings (SSSR count). The van der Waals surface area contributed by atoms with Gasteiger partial charge in [-0.2, -0.15) is 0 Å². The fourth-order valence-corrected chi connectivity index (χ4v) is 1.11. The molecule has 0 unspecified atom stereocenters. The van der Waals surface area contributed by atoms with Crippen molar-refractivity contribution in [1.29, 1.82) is 0 Å². The van der Waals surface area contributed by atoms with Crippen molar-refractivity contribution in [3.05, 3.63) is 11.9 Å². The van der Waals surface area contributed by atoms with Crippen LogP contribution in [0.25, 0.3) is 0 Å². The molecule has 0 aromatic carbocycles. The summed E-state index contributed by atoms with van der Waals surface area (Å²) >= 11 is 2.37. The predicted octanol–water partition coefficient (Wildman–Crippen LogP) is 2.70. The molecule has 0 atom stereocenters. The Morgan fingerprint density at radius 2 is 1.77 bits per heavy atom. The maximum Gasteiger partial charge on any atom is 0.0980 e. The Balaban J connectivity index is 3.01. The number of alkyl halides is 1. The van der Waals surface area contributed by atoms with Crippen LogP contribution in [-0.4, -0.2) is 15.0 Å². The van der Waals surface area contributed by atoms with E-state index in [-0.39, 0.29) is 8.96 Å². The number of halogens is 1. The summed E-state index contributed by atoms with van der Waals surface area (Å²) in [6.07, 6.45) is 2.02. The molecule has 0 aliphatic rings. The Morgan fingerprint density at radius 1 is 1.23 bits per heavy atom. The van der Waals surface area contributed by atoms with E-state index in [4.69, 9.17) is 0 Å². The zero-order valence-corrected chi connectivity index (χ0v) is 11.0. The molecule has 74 valence electrons. The largest absolute Gasteiger partial charge is 0.247 e. The molecule has 0 aliphatic carbocycles. The topological polar surface area (TPSA) is 30.7 Å². The van der Waals surface area contributed by atoms with Crippen molar-refractivity contribution in [2.45, 2.75) is 43.6 Å². The van der Waals surface area contributed by atoms with Crippen LogP contribution in [0.3, 0.4) is 0 Å². The van der Waals surface area contributed by atoms with Gasteiger partial charge in [0.15, 0.2) is 0 Å². The minimum absolute atomic E-state index is 0.0210. The summed E-state index contributed by atoms with van der Waals surface area (Å²) in [5.74, 6) is 0. The van der Waals surface area contributed by atoms with E-state index in [9.17, 15) is 0 Å². The van der Waals surface area contributed by atoms with Crippen molar-refractivity contribution in [1.82, 2.24) is 15.0 Å². The molecule has 13 heavy (non-hydrogen) atoms. The van der Waals surface area contributed by atoms with Crippen molar-refractivity contribution in [3.63, 3.8) is 0 Å². The van der Waals surface area contributed by atoms with Crippen molar-refractivity contribution in [2.24, 2.45) is 0 Å². The summed E-state index contributed by atoms with van der Waals surface area (Å²) in [7, 11) is 0. The van der Waals surface area contributed by atoms with Crippen LogP contribution in [0.15, 0.2) is 6.20 Å². The van der Waals surface area contributed by atoms with Crippen LogP contribution in [0.5, 0.6) is 0 Å². The van der Waals surface area contributed by atoms with Gasteiger partial charge in [0.1, 0.15) is 0 Å². The van der Waals surface area contributed by atoms with Gasteiger partial charge < -0.3 is 0 Å². The first-order valence-corrected chi connectivity index (χ1v) is 5.41. The first kappa shape index (κ1) is 10.9. The van der Waals surface area contributed by atoms with Gasteiger partial charge in [-0.05, 0) is 34.6 Å².